The average molecular weight is 446 g/mol. The molecule has 0 saturated heterocycles. The zero-order valence-electron chi connectivity index (χ0n) is 17.6. The van der Waals surface area contributed by atoms with Crippen molar-refractivity contribution in [3.8, 4) is 11.3 Å². The molecule has 33 heavy (non-hydrogen) atoms. The number of aryl methyl sites for hydroxylation is 1. The first-order valence-electron chi connectivity index (χ1n) is 9.99. The molecule has 2 aromatic carbocycles. The number of amides is 1. The van der Waals surface area contributed by atoms with E-state index < -0.39 is 12.0 Å². The van der Waals surface area contributed by atoms with E-state index in [1.165, 1.54) is 12.1 Å². The van der Waals surface area contributed by atoms with Gasteiger partial charge in [0.2, 0.25) is 5.95 Å². The van der Waals surface area contributed by atoms with Crippen LogP contribution in [0.25, 0.3) is 11.3 Å². The van der Waals surface area contributed by atoms with Gasteiger partial charge in [0.1, 0.15) is 0 Å². The van der Waals surface area contributed by atoms with Crippen LogP contribution in [0.5, 0.6) is 0 Å². The van der Waals surface area contributed by atoms with E-state index in [4.69, 9.17) is 5.73 Å². The van der Waals surface area contributed by atoms with Gasteiger partial charge in [0, 0.05) is 46.7 Å². The van der Waals surface area contributed by atoms with Gasteiger partial charge in [-0.05, 0) is 55.0 Å². The molecule has 0 unspecified atom stereocenters. The fourth-order valence-electron chi connectivity index (χ4n) is 3.10. The van der Waals surface area contributed by atoms with Crippen molar-refractivity contribution >= 4 is 23.2 Å². The second-order valence-corrected chi connectivity index (χ2v) is 7.32. The van der Waals surface area contributed by atoms with Crippen molar-refractivity contribution in [2.45, 2.75) is 13.0 Å². The molecule has 0 fully saturated rings. The molecule has 0 aliphatic rings. The summed E-state index contributed by atoms with van der Waals surface area (Å²) in [5.74, 6) is -0.0484. The predicted octanol–water partition coefficient (Wildman–Crippen LogP) is 4.85. The van der Waals surface area contributed by atoms with E-state index in [1.54, 1.807) is 36.8 Å². The summed E-state index contributed by atoms with van der Waals surface area (Å²) in [7, 11) is 0. The number of nitrogens with zero attached hydrogens (tertiary/aromatic N) is 3. The number of carbonyl (C=O) groups is 1. The van der Waals surface area contributed by atoms with Gasteiger partial charge in [-0.25, -0.2) is 9.97 Å². The number of nitrogens with one attached hydrogen (secondary N) is 2. The fourth-order valence-corrected chi connectivity index (χ4v) is 3.10. The Labute approximate surface area is 188 Å². The molecule has 2 aromatic heterocycles. The minimum absolute atomic E-state index is 0.227. The van der Waals surface area contributed by atoms with E-state index in [9.17, 15) is 13.6 Å². The molecule has 0 aliphatic heterocycles. The molecule has 7 nitrogen and oxygen atoms in total. The zero-order valence-corrected chi connectivity index (χ0v) is 17.6. The quantitative estimate of drug-likeness (QED) is 0.366. The lowest BCUT2D eigenvalue weighted by atomic mass is 10.1. The summed E-state index contributed by atoms with van der Waals surface area (Å²) in [6.45, 7) is 1.91. The molecular formula is C24H20F2N6O. The molecule has 0 radical (unpaired) electrons. The van der Waals surface area contributed by atoms with Crippen molar-refractivity contribution < 1.29 is 13.6 Å². The Morgan fingerprint density at radius 3 is 2.52 bits per heavy atom. The Morgan fingerprint density at radius 2 is 1.82 bits per heavy atom. The van der Waals surface area contributed by atoms with Crippen LogP contribution in [-0.4, -0.2) is 20.9 Å². The molecule has 0 aliphatic carbocycles. The molecule has 2 heterocycles. The van der Waals surface area contributed by atoms with E-state index >= 15 is 0 Å². The van der Waals surface area contributed by atoms with E-state index in [-0.39, 0.29) is 11.1 Å². The maximum Gasteiger partial charge on any atom is 0.326 e. The minimum atomic E-state index is -3.46. The van der Waals surface area contributed by atoms with Crippen molar-refractivity contribution in [3.63, 3.8) is 0 Å². The Bertz CT molecular complexity index is 1270. The number of hydrogen-bond acceptors (Lipinski definition) is 6. The van der Waals surface area contributed by atoms with Gasteiger partial charge >= 0.3 is 6.05 Å². The van der Waals surface area contributed by atoms with E-state index in [0.29, 0.717) is 23.0 Å². The van der Waals surface area contributed by atoms with Gasteiger partial charge in [-0.3, -0.25) is 15.5 Å². The van der Waals surface area contributed by atoms with Crippen LogP contribution >= 0.6 is 0 Å². The lowest BCUT2D eigenvalue weighted by Crippen LogP contribution is -2.25. The molecule has 4 aromatic rings. The van der Waals surface area contributed by atoms with Gasteiger partial charge < -0.3 is 10.6 Å². The van der Waals surface area contributed by atoms with Crippen molar-refractivity contribution in [1.82, 2.24) is 15.0 Å². The van der Waals surface area contributed by atoms with Crippen LogP contribution in [0.4, 0.5) is 26.1 Å². The second-order valence-electron chi connectivity index (χ2n) is 7.32. The number of nitrogens with two attached hydrogens (primary N) is 1. The number of pyridine rings is 1. The van der Waals surface area contributed by atoms with Crippen LogP contribution in [0, 0.1) is 6.92 Å². The number of carbonyl (C=O) groups excluding carboxylic acids is 1. The lowest BCUT2D eigenvalue weighted by Gasteiger charge is -2.13. The van der Waals surface area contributed by atoms with Crippen LogP contribution in [0.15, 0.2) is 79.3 Å². The zero-order chi connectivity index (χ0) is 23.4. The highest BCUT2D eigenvalue weighted by atomic mass is 19.3. The summed E-state index contributed by atoms with van der Waals surface area (Å²) in [6.07, 6.45) is 5.05. The number of rotatable bonds is 6. The number of aromatic nitrogens is 3. The minimum Gasteiger partial charge on any atom is -0.324 e. The predicted molar refractivity (Wildman–Crippen MR) is 122 cm³/mol. The summed E-state index contributed by atoms with van der Waals surface area (Å²) in [6, 6.07) is 12.3. The van der Waals surface area contributed by atoms with Crippen molar-refractivity contribution in [3.05, 3.63) is 95.9 Å². The molecule has 0 atom stereocenters. The molecule has 166 valence electrons. The first-order valence-corrected chi connectivity index (χ1v) is 9.99. The van der Waals surface area contributed by atoms with Crippen LogP contribution in [-0.2, 0) is 6.05 Å². The smallest absolute Gasteiger partial charge is 0.324 e. The van der Waals surface area contributed by atoms with Crippen LogP contribution in [0.3, 0.4) is 0 Å². The molecule has 1 amide bonds. The average Bonchev–Trinajstić information content (AvgIpc) is 2.81. The maximum absolute atomic E-state index is 13.2. The Morgan fingerprint density at radius 1 is 1.03 bits per heavy atom. The summed E-state index contributed by atoms with van der Waals surface area (Å²) >= 11 is 0. The summed E-state index contributed by atoms with van der Waals surface area (Å²) in [4.78, 5) is 25.4. The fraction of sp³-hybridized carbons (Fsp3) is 0.0833. The van der Waals surface area contributed by atoms with Gasteiger partial charge in [0.05, 0.1) is 5.69 Å². The topological polar surface area (TPSA) is 106 Å². The third-order valence-electron chi connectivity index (χ3n) is 4.89. The van der Waals surface area contributed by atoms with Gasteiger partial charge in [0.15, 0.2) is 0 Å². The summed E-state index contributed by atoms with van der Waals surface area (Å²) < 4.78 is 26.3. The maximum atomic E-state index is 13.2. The SMILES string of the molecule is Cc1ccc(NC(=O)c2ccc(C(N)(F)F)cc2)cc1Nc1nccc(-c2cccnc2)n1. The standard InChI is InChI=1S/C24H20F2N6O/c1-15-4-9-19(30-22(33)16-5-7-18(8-6-16)24(25,26)27)13-21(15)32-23-29-12-10-20(31-23)17-3-2-11-28-14-17/h2-14H,27H2,1H3,(H,30,33)(H,29,31,32). The molecule has 4 rings (SSSR count). The summed E-state index contributed by atoms with van der Waals surface area (Å²) in [5, 5.41) is 5.93. The Hall–Kier alpha value is -4.24. The first kappa shape index (κ1) is 22.0. The molecule has 4 N–H and O–H groups in total. The van der Waals surface area contributed by atoms with Crippen LogP contribution in [0.1, 0.15) is 21.5 Å². The Kier molecular flexibility index (Phi) is 6.05. The van der Waals surface area contributed by atoms with Crippen molar-refractivity contribution in [1.29, 1.82) is 0 Å². The van der Waals surface area contributed by atoms with E-state index in [2.05, 4.69) is 25.6 Å². The monoisotopic (exact) mass is 446 g/mol. The third-order valence-corrected chi connectivity index (χ3v) is 4.89. The molecule has 0 bridgehead atoms. The van der Waals surface area contributed by atoms with Gasteiger partial charge in [-0.15, -0.1) is 0 Å². The number of halogens is 2. The molecule has 9 heteroatoms. The highest BCUT2D eigenvalue weighted by molar-refractivity contribution is 6.04. The van der Waals surface area contributed by atoms with Crippen molar-refractivity contribution in [2.24, 2.45) is 5.73 Å². The lowest BCUT2D eigenvalue weighted by molar-refractivity contribution is 0.00295. The van der Waals surface area contributed by atoms with Crippen molar-refractivity contribution in [2.75, 3.05) is 10.6 Å². The highest BCUT2D eigenvalue weighted by Crippen LogP contribution is 2.25. The van der Waals surface area contributed by atoms with Gasteiger partial charge in [-0.2, -0.15) is 8.78 Å². The number of benzene rings is 2. The Balaban J connectivity index is 1.51. The number of hydrogen-bond donors (Lipinski definition) is 3. The molecular weight excluding hydrogens is 426 g/mol. The van der Waals surface area contributed by atoms with E-state index in [0.717, 1.165) is 23.3 Å². The third kappa shape index (κ3) is 5.34. The molecule has 0 saturated carbocycles. The normalized spacial score (nSPS) is 11.2. The first-order chi connectivity index (χ1) is 15.8. The van der Waals surface area contributed by atoms with Gasteiger partial charge in [-0.1, -0.05) is 18.2 Å². The van der Waals surface area contributed by atoms with Gasteiger partial charge in [0.25, 0.3) is 5.91 Å². The highest BCUT2D eigenvalue weighted by Gasteiger charge is 2.25. The van der Waals surface area contributed by atoms with Crippen LogP contribution in [0.2, 0.25) is 0 Å². The number of anilines is 3. The largest absolute Gasteiger partial charge is 0.326 e. The van der Waals surface area contributed by atoms with Crippen LogP contribution < -0.4 is 16.4 Å². The second kappa shape index (κ2) is 9.09. The summed E-state index contributed by atoms with van der Waals surface area (Å²) in [5.41, 5.74) is 8.36. The van der Waals surface area contributed by atoms with E-state index in [1.807, 2.05) is 25.1 Å². The molecule has 0 spiro atoms. The number of alkyl halides is 2.